The predicted octanol–water partition coefficient (Wildman–Crippen LogP) is 4.28. The number of hydrogen-bond donors (Lipinski definition) is 1. The number of hydrogen-bond acceptors (Lipinski definition) is 5. The molecule has 0 bridgehead atoms. The van der Waals surface area contributed by atoms with Gasteiger partial charge in [-0.2, -0.15) is 4.98 Å². The maximum Gasteiger partial charge on any atom is 0.261 e. The highest BCUT2D eigenvalue weighted by molar-refractivity contribution is 7.18. The summed E-state index contributed by atoms with van der Waals surface area (Å²) in [5.41, 5.74) is 1.57. The Kier molecular flexibility index (Phi) is 4.71. The summed E-state index contributed by atoms with van der Waals surface area (Å²) in [6.45, 7) is 0.468. The van der Waals surface area contributed by atoms with Gasteiger partial charge in [-0.05, 0) is 24.3 Å². The smallest absolute Gasteiger partial charge is 0.261 e. The Bertz CT molecular complexity index is 1090. The summed E-state index contributed by atoms with van der Waals surface area (Å²) < 4.78 is 15.7. The molecule has 0 saturated carbocycles. The minimum atomic E-state index is -0.322. The zero-order valence-corrected chi connectivity index (χ0v) is 15.7. The van der Waals surface area contributed by atoms with Gasteiger partial charge in [0.1, 0.15) is 5.82 Å². The Labute approximate surface area is 161 Å². The van der Waals surface area contributed by atoms with Gasteiger partial charge in [-0.25, -0.2) is 8.91 Å². The van der Waals surface area contributed by atoms with E-state index in [1.165, 1.54) is 34.8 Å². The summed E-state index contributed by atoms with van der Waals surface area (Å²) in [6, 6.07) is 9.60. The summed E-state index contributed by atoms with van der Waals surface area (Å²) in [4.78, 5) is 17.8. The minimum absolute atomic E-state index is 0.146. The van der Waals surface area contributed by atoms with Crippen LogP contribution in [-0.2, 0) is 6.42 Å². The van der Waals surface area contributed by atoms with Crippen LogP contribution in [0.1, 0.15) is 15.4 Å². The lowest BCUT2D eigenvalue weighted by Crippen LogP contribution is -2.25. The van der Waals surface area contributed by atoms with Gasteiger partial charge in [0.05, 0.1) is 14.9 Å². The van der Waals surface area contributed by atoms with Crippen molar-refractivity contribution >= 4 is 45.1 Å². The summed E-state index contributed by atoms with van der Waals surface area (Å²) in [5.74, 6) is 0.0135. The first-order valence-electron chi connectivity index (χ1n) is 7.73. The molecular weight excluding hydrogens is 395 g/mol. The van der Waals surface area contributed by atoms with Crippen molar-refractivity contribution in [2.75, 3.05) is 6.54 Å². The molecule has 132 valence electrons. The van der Waals surface area contributed by atoms with Gasteiger partial charge in [0.15, 0.2) is 5.82 Å². The molecule has 0 aliphatic rings. The first kappa shape index (κ1) is 17.1. The monoisotopic (exact) mass is 406 g/mol. The molecule has 4 aromatic rings. The van der Waals surface area contributed by atoms with Crippen LogP contribution in [-0.4, -0.2) is 27.0 Å². The number of benzene rings is 1. The van der Waals surface area contributed by atoms with E-state index < -0.39 is 0 Å². The molecule has 1 N–H and O–H groups in total. The van der Waals surface area contributed by atoms with Crippen LogP contribution in [0.15, 0.2) is 41.8 Å². The second kappa shape index (κ2) is 7.14. The van der Waals surface area contributed by atoms with Gasteiger partial charge < -0.3 is 5.32 Å². The van der Waals surface area contributed by atoms with Crippen molar-refractivity contribution in [1.29, 1.82) is 0 Å². The lowest BCUT2D eigenvalue weighted by atomic mass is 10.2. The van der Waals surface area contributed by atoms with E-state index in [9.17, 15) is 9.18 Å². The summed E-state index contributed by atoms with van der Waals surface area (Å²) in [7, 11) is 0. The molecule has 1 amide bonds. The third kappa shape index (κ3) is 3.48. The number of carbonyl (C=O) groups excluding carboxylic acids is 1. The third-order valence-corrected chi connectivity index (χ3v) is 5.79. The molecule has 0 radical (unpaired) electrons. The first-order chi connectivity index (χ1) is 12.6. The molecule has 3 heterocycles. The number of thiophene rings is 1. The standard InChI is InChI=1S/C17H12ClFN4OS2/c18-14-5-4-13(26-14)16(24)20-7-6-12-9-25-17-21-15(22-23(12)17)10-2-1-3-11(19)8-10/h1-5,8-9H,6-7H2,(H,20,24). The number of halogens is 2. The van der Waals surface area contributed by atoms with Gasteiger partial charge in [0.25, 0.3) is 5.91 Å². The van der Waals surface area contributed by atoms with Crippen LogP contribution >= 0.6 is 34.3 Å². The van der Waals surface area contributed by atoms with Crippen molar-refractivity contribution in [2.24, 2.45) is 0 Å². The Morgan fingerprint density at radius 1 is 1.31 bits per heavy atom. The van der Waals surface area contributed by atoms with E-state index in [-0.39, 0.29) is 11.7 Å². The molecule has 5 nitrogen and oxygen atoms in total. The fourth-order valence-corrected chi connectivity index (χ4v) is 4.29. The fraction of sp³-hybridized carbons (Fsp3) is 0.118. The molecule has 0 unspecified atom stereocenters. The minimum Gasteiger partial charge on any atom is -0.351 e. The van der Waals surface area contributed by atoms with E-state index in [2.05, 4.69) is 15.4 Å². The van der Waals surface area contributed by atoms with Crippen molar-refractivity contribution in [2.45, 2.75) is 6.42 Å². The molecule has 1 aromatic carbocycles. The van der Waals surface area contributed by atoms with Gasteiger partial charge in [0.2, 0.25) is 4.96 Å². The van der Waals surface area contributed by atoms with Gasteiger partial charge in [-0.15, -0.1) is 27.8 Å². The molecule has 3 aromatic heterocycles. The highest BCUT2D eigenvalue weighted by Crippen LogP contribution is 2.22. The number of fused-ring (bicyclic) bond motifs is 1. The van der Waals surface area contributed by atoms with Crippen LogP contribution in [0, 0.1) is 5.82 Å². The number of rotatable bonds is 5. The zero-order chi connectivity index (χ0) is 18.1. The van der Waals surface area contributed by atoms with Crippen LogP contribution in [0.5, 0.6) is 0 Å². The molecular formula is C17H12ClFN4OS2. The Morgan fingerprint density at radius 2 is 2.19 bits per heavy atom. The molecule has 0 fully saturated rings. The maximum absolute atomic E-state index is 13.4. The van der Waals surface area contributed by atoms with Crippen molar-refractivity contribution in [3.05, 3.63) is 62.5 Å². The topological polar surface area (TPSA) is 59.3 Å². The van der Waals surface area contributed by atoms with Crippen molar-refractivity contribution in [3.8, 4) is 11.4 Å². The number of nitrogens with zero attached hydrogens (tertiary/aromatic N) is 3. The van der Waals surface area contributed by atoms with Crippen molar-refractivity contribution in [1.82, 2.24) is 19.9 Å². The summed E-state index contributed by atoms with van der Waals surface area (Å²) >= 11 is 8.55. The van der Waals surface area contributed by atoms with E-state index in [0.717, 1.165) is 10.7 Å². The van der Waals surface area contributed by atoms with Gasteiger partial charge in [-0.1, -0.05) is 23.7 Å². The second-order valence-corrected chi connectivity index (χ2v) is 8.03. The number of aromatic nitrogens is 3. The summed E-state index contributed by atoms with van der Waals surface area (Å²) in [6.07, 6.45) is 0.608. The largest absolute Gasteiger partial charge is 0.351 e. The Balaban J connectivity index is 1.46. The first-order valence-corrected chi connectivity index (χ1v) is 9.80. The average molecular weight is 407 g/mol. The van der Waals surface area contributed by atoms with Crippen LogP contribution in [0.2, 0.25) is 4.34 Å². The van der Waals surface area contributed by atoms with Crippen LogP contribution < -0.4 is 5.32 Å². The molecule has 0 saturated heterocycles. The van der Waals surface area contributed by atoms with Gasteiger partial charge >= 0.3 is 0 Å². The zero-order valence-electron chi connectivity index (χ0n) is 13.3. The average Bonchev–Trinajstić information content (AvgIpc) is 3.31. The number of amides is 1. The Morgan fingerprint density at radius 3 is 2.96 bits per heavy atom. The van der Waals surface area contributed by atoms with E-state index in [1.807, 2.05) is 5.38 Å². The van der Waals surface area contributed by atoms with E-state index in [1.54, 1.807) is 28.8 Å². The molecule has 0 aliphatic carbocycles. The fourth-order valence-electron chi connectivity index (χ4n) is 2.47. The normalized spacial score (nSPS) is 11.2. The van der Waals surface area contributed by atoms with E-state index >= 15 is 0 Å². The molecule has 0 spiro atoms. The SMILES string of the molecule is O=C(NCCc1csc2nc(-c3cccc(F)c3)nn12)c1ccc(Cl)s1. The molecule has 0 aliphatic heterocycles. The maximum atomic E-state index is 13.4. The van der Waals surface area contributed by atoms with Gasteiger partial charge in [0, 0.05) is 23.9 Å². The second-order valence-electron chi connectivity index (χ2n) is 5.48. The van der Waals surface area contributed by atoms with E-state index in [0.29, 0.717) is 33.6 Å². The van der Waals surface area contributed by atoms with Crippen LogP contribution in [0.25, 0.3) is 16.3 Å². The molecule has 9 heteroatoms. The summed E-state index contributed by atoms with van der Waals surface area (Å²) in [5, 5.41) is 9.29. The number of carbonyl (C=O) groups is 1. The van der Waals surface area contributed by atoms with Crippen molar-refractivity contribution < 1.29 is 9.18 Å². The molecule has 0 atom stereocenters. The van der Waals surface area contributed by atoms with Crippen LogP contribution in [0.3, 0.4) is 0 Å². The van der Waals surface area contributed by atoms with Gasteiger partial charge in [-0.3, -0.25) is 4.79 Å². The number of thiazole rings is 1. The van der Waals surface area contributed by atoms with Crippen LogP contribution in [0.4, 0.5) is 4.39 Å². The Hall–Kier alpha value is -2.29. The highest BCUT2D eigenvalue weighted by atomic mass is 35.5. The molecule has 26 heavy (non-hydrogen) atoms. The van der Waals surface area contributed by atoms with E-state index in [4.69, 9.17) is 11.6 Å². The lowest BCUT2D eigenvalue weighted by molar-refractivity contribution is 0.0958. The number of nitrogens with one attached hydrogen (secondary N) is 1. The lowest BCUT2D eigenvalue weighted by Gasteiger charge is -2.02. The predicted molar refractivity (Wildman–Crippen MR) is 102 cm³/mol. The third-order valence-electron chi connectivity index (χ3n) is 3.70. The van der Waals surface area contributed by atoms with Crippen molar-refractivity contribution in [3.63, 3.8) is 0 Å². The quantitative estimate of drug-likeness (QED) is 0.538. The molecule has 4 rings (SSSR count). The highest BCUT2D eigenvalue weighted by Gasteiger charge is 2.13.